The highest BCUT2D eigenvalue weighted by molar-refractivity contribution is 5.60. The first-order valence-corrected chi connectivity index (χ1v) is 9.00. The van der Waals surface area contributed by atoms with Gasteiger partial charge in [0.15, 0.2) is 0 Å². The average molecular weight is 291 g/mol. The molecule has 5 aliphatic rings. The standard InChI is InChI=1S/C20H23N2/c1-2-4-18-17(3-1)13-21-5-6-22(19(18)21)20-10-14-7-15(11-20)9-16(8-14)12-20/h1-6,14-16H,7-13H2/q+1. The Morgan fingerprint density at radius 2 is 1.64 bits per heavy atom. The van der Waals surface area contributed by atoms with Gasteiger partial charge in [-0.05, 0) is 62.3 Å². The Morgan fingerprint density at radius 3 is 2.36 bits per heavy atom. The lowest BCUT2D eigenvalue weighted by atomic mass is 9.53. The van der Waals surface area contributed by atoms with Crippen LogP contribution in [0, 0.1) is 17.8 Å². The van der Waals surface area contributed by atoms with Crippen LogP contribution in [0.5, 0.6) is 0 Å². The van der Waals surface area contributed by atoms with Crippen LogP contribution in [-0.4, -0.2) is 4.57 Å². The van der Waals surface area contributed by atoms with E-state index < -0.39 is 0 Å². The number of hydrogen-bond donors (Lipinski definition) is 0. The zero-order valence-corrected chi connectivity index (χ0v) is 13.0. The van der Waals surface area contributed by atoms with Gasteiger partial charge in [-0.25, -0.2) is 9.13 Å². The average Bonchev–Trinajstić information content (AvgIpc) is 3.04. The van der Waals surface area contributed by atoms with E-state index in [9.17, 15) is 0 Å². The first kappa shape index (κ1) is 11.9. The Kier molecular flexibility index (Phi) is 2.08. The van der Waals surface area contributed by atoms with Crippen LogP contribution in [0.2, 0.25) is 0 Å². The summed E-state index contributed by atoms with van der Waals surface area (Å²) in [5.74, 6) is 4.50. The number of benzene rings is 1. The number of fused-ring (bicyclic) bond motifs is 3. The fraction of sp³-hybridized carbons (Fsp3) is 0.550. The van der Waals surface area contributed by atoms with E-state index in [1.54, 1.807) is 0 Å². The van der Waals surface area contributed by atoms with Crippen LogP contribution >= 0.6 is 0 Å². The van der Waals surface area contributed by atoms with Crippen molar-refractivity contribution in [3.63, 3.8) is 0 Å². The van der Waals surface area contributed by atoms with Crippen LogP contribution in [-0.2, 0) is 12.1 Å². The van der Waals surface area contributed by atoms with Crippen LogP contribution in [0.4, 0.5) is 0 Å². The number of rotatable bonds is 1. The highest BCUT2D eigenvalue weighted by atomic mass is 15.2. The molecule has 0 unspecified atom stereocenters. The molecular weight excluding hydrogens is 268 g/mol. The van der Waals surface area contributed by atoms with E-state index in [1.807, 2.05) is 0 Å². The van der Waals surface area contributed by atoms with Gasteiger partial charge in [0.25, 0.3) is 5.82 Å². The Balaban J connectivity index is 1.53. The van der Waals surface area contributed by atoms with E-state index in [0.29, 0.717) is 5.54 Å². The van der Waals surface area contributed by atoms with E-state index >= 15 is 0 Å². The molecule has 0 spiro atoms. The molecule has 112 valence electrons. The SMILES string of the molecule is c1ccc2c(c1)C[n+]1ccn(C34CC5CC(CC(C5)C3)C4)c1-2. The van der Waals surface area contributed by atoms with Gasteiger partial charge in [0.1, 0.15) is 24.5 Å². The largest absolute Gasteiger partial charge is 0.290 e. The van der Waals surface area contributed by atoms with Gasteiger partial charge in [-0.1, -0.05) is 18.2 Å². The van der Waals surface area contributed by atoms with Crippen molar-refractivity contribution in [2.45, 2.75) is 50.6 Å². The maximum absolute atomic E-state index is 2.71. The van der Waals surface area contributed by atoms with Gasteiger partial charge < -0.3 is 0 Å². The van der Waals surface area contributed by atoms with Gasteiger partial charge in [0, 0.05) is 5.56 Å². The Bertz CT molecular complexity index is 734. The van der Waals surface area contributed by atoms with E-state index in [2.05, 4.69) is 45.8 Å². The quantitative estimate of drug-likeness (QED) is 0.604. The molecule has 0 radical (unpaired) electrons. The molecular formula is C20H23N2+. The van der Waals surface area contributed by atoms with Crippen molar-refractivity contribution < 1.29 is 4.57 Å². The van der Waals surface area contributed by atoms with Gasteiger partial charge in [0.2, 0.25) is 0 Å². The lowest BCUT2D eigenvalue weighted by Gasteiger charge is -2.54. The molecule has 2 aromatic rings. The molecule has 1 aliphatic heterocycles. The van der Waals surface area contributed by atoms with Gasteiger partial charge >= 0.3 is 0 Å². The van der Waals surface area contributed by atoms with Crippen molar-refractivity contribution in [3.8, 4) is 11.4 Å². The third-order valence-electron chi connectivity index (χ3n) is 7.01. The van der Waals surface area contributed by atoms with Gasteiger partial charge in [-0.2, -0.15) is 0 Å². The molecule has 22 heavy (non-hydrogen) atoms. The summed E-state index contributed by atoms with van der Waals surface area (Å²) in [7, 11) is 0. The minimum Gasteiger partial charge on any atom is -0.226 e. The van der Waals surface area contributed by atoms with Crippen molar-refractivity contribution in [1.82, 2.24) is 4.57 Å². The molecule has 0 saturated heterocycles. The summed E-state index contributed by atoms with van der Waals surface area (Å²) >= 11 is 0. The molecule has 2 heteroatoms. The monoisotopic (exact) mass is 291 g/mol. The third-order valence-corrected chi connectivity index (χ3v) is 7.01. The summed E-state index contributed by atoms with van der Waals surface area (Å²) < 4.78 is 5.19. The summed E-state index contributed by atoms with van der Waals surface area (Å²) in [4.78, 5) is 0. The van der Waals surface area contributed by atoms with Crippen molar-refractivity contribution in [2.75, 3.05) is 0 Å². The molecule has 4 bridgehead atoms. The van der Waals surface area contributed by atoms with E-state index in [-0.39, 0.29) is 0 Å². The van der Waals surface area contributed by atoms with Crippen LogP contribution in [0.1, 0.15) is 44.1 Å². The molecule has 1 aromatic carbocycles. The zero-order valence-electron chi connectivity index (χ0n) is 13.0. The Hall–Kier alpha value is -1.57. The second-order valence-corrected chi connectivity index (χ2v) is 8.42. The van der Waals surface area contributed by atoms with Crippen molar-refractivity contribution >= 4 is 0 Å². The van der Waals surface area contributed by atoms with Crippen molar-refractivity contribution in [3.05, 3.63) is 42.2 Å². The van der Waals surface area contributed by atoms with Gasteiger partial charge in [-0.15, -0.1) is 0 Å². The van der Waals surface area contributed by atoms with E-state index in [1.165, 1.54) is 55.5 Å². The van der Waals surface area contributed by atoms with Crippen molar-refractivity contribution in [2.24, 2.45) is 17.8 Å². The zero-order chi connectivity index (χ0) is 14.3. The molecule has 2 heterocycles. The topological polar surface area (TPSA) is 8.81 Å². The third kappa shape index (κ3) is 1.39. The second kappa shape index (κ2) is 3.84. The molecule has 2 nitrogen and oxygen atoms in total. The fourth-order valence-electron chi connectivity index (χ4n) is 6.64. The van der Waals surface area contributed by atoms with Crippen LogP contribution in [0.15, 0.2) is 36.7 Å². The van der Waals surface area contributed by atoms with Crippen LogP contribution in [0.3, 0.4) is 0 Å². The minimum absolute atomic E-state index is 0.437. The second-order valence-electron chi connectivity index (χ2n) is 8.42. The molecule has 0 amide bonds. The highest BCUT2D eigenvalue weighted by Gasteiger charge is 2.56. The first-order valence-electron chi connectivity index (χ1n) is 9.00. The summed E-state index contributed by atoms with van der Waals surface area (Å²) in [5.41, 5.74) is 3.41. The number of hydrogen-bond acceptors (Lipinski definition) is 0. The maximum Gasteiger partial charge on any atom is 0.290 e. The summed E-state index contributed by atoms with van der Waals surface area (Å²) in [5, 5.41) is 0. The highest BCUT2D eigenvalue weighted by Crippen LogP contribution is 2.59. The molecule has 0 atom stereocenters. The lowest BCUT2D eigenvalue weighted by Crippen LogP contribution is -2.52. The summed E-state index contributed by atoms with van der Waals surface area (Å²) in [6.45, 7) is 1.06. The smallest absolute Gasteiger partial charge is 0.226 e. The van der Waals surface area contributed by atoms with Crippen molar-refractivity contribution in [1.29, 1.82) is 0 Å². The Morgan fingerprint density at radius 1 is 0.955 bits per heavy atom. The fourth-order valence-corrected chi connectivity index (χ4v) is 6.64. The van der Waals surface area contributed by atoms with Gasteiger partial charge in [0.05, 0.1) is 5.56 Å². The molecule has 4 fully saturated rings. The predicted octanol–water partition coefficient (Wildman–Crippen LogP) is 3.73. The van der Waals surface area contributed by atoms with Crippen LogP contribution in [0.25, 0.3) is 11.4 Å². The van der Waals surface area contributed by atoms with Crippen LogP contribution < -0.4 is 4.57 Å². The number of aromatic nitrogens is 2. The van der Waals surface area contributed by atoms with E-state index in [0.717, 1.165) is 24.3 Å². The molecule has 7 rings (SSSR count). The normalized spacial score (nSPS) is 37.4. The number of imidazole rings is 1. The first-order chi connectivity index (χ1) is 10.8. The van der Waals surface area contributed by atoms with Gasteiger partial charge in [-0.3, -0.25) is 0 Å². The number of nitrogens with zero attached hydrogens (tertiary/aromatic N) is 2. The minimum atomic E-state index is 0.437. The predicted molar refractivity (Wildman–Crippen MR) is 85.3 cm³/mol. The summed E-state index contributed by atoms with van der Waals surface area (Å²) in [6.07, 6.45) is 13.6. The Labute approximate surface area is 131 Å². The lowest BCUT2D eigenvalue weighted by molar-refractivity contribution is -0.671. The molecule has 0 N–H and O–H groups in total. The summed E-state index contributed by atoms with van der Waals surface area (Å²) in [6, 6.07) is 9.00. The maximum atomic E-state index is 2.71. The molecule has 4 saturated carbocycles. The van der Waals surface area contributed by atoms with E-state index in [4.69, 9.17) is 0 Å². The molecule has 4 aliphatic carbocycles. The molecule has 1 aromatic heterocycles.